The summed E-state index contributed by atoms with van der Waals surface area (Å²) in [6, 6.07) is 14.4. The summed E-state index contributed by atoms with van der Waals surface area (Å²) in [6.07, 6.45) is 5.24. The van der Waals surface area contributed by atoms with Gasteiger partial charge in [-0.1, -0.05) is 104 Å². The fourth-order valence-corrected chi connectivity index (χ4v) is 5.58. The predicted molar refractivity (Wildman–Crippen MR) is 189 cm³/mol. The number of benzene rings is 3. The highest BCUT2D eigenvalue weighted by molar-refractivity contribution is 6.36. The molecule has 0 saturated carbocycles. The molecule has 3 aromatic carbocycles. The third kappa shape index (κ3) is 8.96. The highest BCUT2D eigenvalue weighted by atomic mass is 35.5. The topological polar surface area (TPSA) is 71.3 Å². The van der Waals surface area contributed by atoms with Gasteiger partial charge in [-0.2, -0.15) is 0 Å². The molecular formula is C38H51Cl2NO4. The fourth-order valence-electron chi connectivity index (χ4n) is 5.07. The third-order valence-corrected chi connectivity index (χ3v) is 8.63. The molecule has 0 aliphatic heterocycles. The molecule has 0 fully saturated rings. The van der Waals surface area contributed by atoms with Gasteiger partial charge >= 0.3 is 0 Å². The third-order valence-electron chi connectivity index (χ3n) is 8.12. The molecule has 3 aromatic rings. The molecular weight excluding hydrogens is 605 g/mol. The Morgan fingerprint density at radius 2 is 1.24 bits per heavy atom. The second-order valence-electron chi connectivity index (χ2n) is 13.9. The van der Waals surface area contributed by atoms with E-state index in [1.807, 2.05) is 31.2 Å². The highest BCUT2D eigenvalue weighted by Crippen LogP contribution is 2.46. The maximum Gasteiger partial charge on any atom is 0.144 e. The zero-order valence-corrected chi connectivity index (χ0v) is 29.9. The Kier molecular flexibility index (Phi) is 12.4. The van der Waals surface area contributed by atoms with Crippen LogP contribution in [0.4, 0.5) is 0 Å². The van der Waals surface area contributed by atoms with Crippen molar-refractivity contribution < 1.29 is 19.7 Å². The first-order valence-electron chi connectivity index (χ1n) is 16.0. The molecule has 1 atom stereocenters. The molecule has 0 saturated heterocycles. The summed E-state index contributed by atoms with van der Waals surface area (Å²) in [4.78, 5) is 4.86. The van der Waals surface area contributed by atoms with E-state index in [2.05, 4.69) is 67.5 Å². The molecule has 0 aliphatic carbocycles. The van der Waals surface area contributed by atoms with Gasteiger partial charge in [-0.25, -0.2) is 0 Å². The first kappa shape index (κ1) is 36.7. The number of ether oxygens (including phenoxy) is 2. The first-order valence-corrected chi connectivity index (χ1v) is 16.8. The van der Waals surface area contributed by atoms with Gasteiger partial charge in [0, 0.05) is 27.9 Å². The Morgan fingerprint density at radius 1 is 0.778 bits per heavy atom. The Bertz CT molecular complexity index is 1400. The van der Waals surface area contributed by atoms with Crippen LogP contribution >= 0.6 is 23.2 Å². The standard InChI is InChI=1S/C38H51Cl2NO4/c1-10-12-18-44-33-16-14-27(36(4,5)6)21-30(33)38(43,25(3)41-24-26-20-29(39)23-32(40)35(26)42)31-22-28(37(7,8)9)15-17-34(31)45-19-13-11-2/h14-17,20-25,42-43H,10-13,18-19H2,1-9H3/t25-/m1/s1. The lowest BCUT2D eigenvalue weighted by Gasteiger charge is -2.37. The molecule has 246 valence electrons. The van der Waals surface area contributed by atoms with E-state index in [1.54, 1.807) is 6.07 Å². The van der Waals surface area contributed by atoms with Crippen molar-refractivity contribution in [3.05, 3.63) is 86.4 Å². The molecule has 0 amide bonds. The second kappa shape index (κ2) is 15.2. The number of rotatable bonds is 13. The van der Waals surface area contributed by atoms with E-state index in [1.165, 1.54) is 12.3 Å². The minimum absolute atomic E-state index is 0.126. The highest BCUT2D eigenvalue weighted by Gasteiger charge is 2.43. The first-order chi connectivity index (χ1) is 21.0. The summed E-state index contributed by atoms with van der Waals surface area (Å²) in [5, 5.41) is 24.5. The van der Waals surface area contributed by atoms with Gasteiger partial charge in [-0.3, -0.25) is 4.99 Å². The quantitative estimate of drug-likeness (QED) is 0.142. The van der Waals surface area contributed by atoms with Crippen LogP contribution in [-0.4, -0.2) is 35.7 Å². The van der Waals surface area contributed by atoms with Crippen LogP contribution in [0, 0.1) is 0 Å². The number of aliphatic hydroxyl groups is 1. The van der Waals surface area contributed by atoms with E-state index in [4.69, 9.17) is 37.7 Å². The maximum absolute atomic E-state index is 13.3. The van der Waals surface area contributed by atoms with Gasteiger partial charge in [-0.15, -0.1) is 0 Å². The Balaban J connectivity index is 2.40. The molecule has 0 unspecified atom stereocenters. The number of hydrogen-bond acceptors (Lipinski definition) is 5. The molecule has 0 aromatic heterocycles. The molecule has 3 rings (SSSR count). The SMILES string of the molecule is CCCCOc1ccc(C(C)(C)C)cc1C(O)(c1cc(C(C)(C)C)ccc1OCCCC)[C@@H](C)N=Cc1cc(Cl)cc(Cl)c1O. The number of unbranched alkanes of at least 4 members (excludes halogenated alkanes) is 2. The molecule has 5 nitrogen and oxygen atoms in total. The van der Waals surface area contributed by atoms with Crippen molar-refractivity contribution in [3.63, 3.8) is 0 Å². The average Bonchev–Trinajstić information content (AvgIpc) is 2.97. The monoisotopic (exact) mass is 655 g/mol. The number of hydrogen-bond donors (Lipinski definition) is 2. The minimum Gasteiger partial charge on any atom is -0.506 e. The lowest BCUT2D eigenvalue weighted by molar-refractivity contribution is 0.0519. The van der Waals surface area contributed by atoms with Crippen LogP contribution in [0.1, 0.15) is 116 Å². The van der Waals surface area contributed by atoms with Crippen molar-refractivity contribution in [2.24, 2.45) is 4.99 Å². The average molecular weight is 657 g/mol. The van der Waals surface area contributed by atoms with Crippen molar-refractivity contribution in [1.29, 1.82) is 0 Å². The summed E-state index contributed by atoms with van der Waals surface area (Å²) in [5.41, 5.74) is 1.59. The van der Waals surface area contributed by atoms with Crippen molar-refractivity contribution in [1.82, 2.24) is 0 Å². The van der Waals surface area contributed by atoms with E-state index >= 15 is 0 Å². The summed E-state index contributed by atoms with van der Waals surface area (Å²) in [6.45, 7) is 20.0. The summed E-state index contributed by atoms with van der Waals surface area (Å²) in [7, 11) is 0. The maximum atomic E-state index is 13.3. The smallest absolute Gasteiger partial charge is 0.144 e. The fraction of sp³-hybridized carbons (Fsp3) is 0.500. The van der Waals surface area contributed by atoms with Crippen LogP contribution in [0.15, 0.2) is 53.5 Å². The van der Waals surface area contributed by atoms with E-state index in [0.717, 1.165) is 36.8 Å². The second-order valence-corrected chi connectivity index (χ2v) is 14.7. The predicted octanol–water partition coefficient (Wildman–Crippen LogP) is 10.4. The van der Waals surface area contributed by atoms with Crippen LogP contribution in [0.2, 0.25) is 10.0 Å². The van der Waals surface area contributed by atoms with Crippen molar-refractivity contribution in [2.45, 2.75) is 110 Å². The van der Waals surface area contributed by atoms with Gasteiger partial charge in [0.05, 0.1) is 24.3 Å². The van der Waals surface area contributed by atoms with E-state index in [0.29, 0.717) is 46.4 Å². The summed E-state index contributed by atoms with van der Waals surface area (Å²) < 4.78 is 12.8. The van der Waals surface area contributed by atoms with Gasteiger partial charge in [0.2, 0.25) is 0 Å². The van der Waals surface area contributed by atoms with Gasteiger partial charge < -0.3 is 19.7 Å². The summed E-state index contributed by atoms with van der Waals surface area (Å²) >= 11 is 12.5. The summed E-state index contributed by atoms with van der Waals surface area (Å²) in [5.74, 6) is 1.06. The van der Waals surface area contributed by atoms with E-state index < -0.39 is 11.6 Å². The normalized spacial score (nSPS) is 13.3. The number of nitrogens with zero attached hydrogens (tertiary/aromatic N) is 1. The lowest BCUT2D eigenvalue weighted by atomic mass is 9.75. The molecule has 2 N–H and O–H groups in total. The number of aromatic hydroxyl groups is 1. The number of aliphatic imine (C=N–C) groups is 1. The van der Waals surface area contributed by atoms with Gasteiger partial charge in [0.25, 0.3) is 0 Å². The Labute approximate surface area is 280 Å². The van der Waals surface area contributed by atoms with Crippen molar-refractivity contribution in [2.75, 3.05) is 13.2 Å². The van der Waals surface area contributed by atoms with E-state index in [9.17, 15) is 10.2 Å². The molecule has 0 heterocycles. The van der Waals surface area contributed by atoms with Crippen molar-refractivity contribution >= 4 is 29.4 Å². The lowest BCUT2D eigenvalue weighted by Crippen LogP contribution is -2.39. The van der Waals surface area contributed by atoms with Crippen LogP contribution in [0.5, 0.6) is 17.2 Å². The zero-order chi connectivity index (χ0) is 33.6. The number of phenols is 1. The van der Waals surface area contributed by atoms with Gasteiger partial charge in [-0.05, 0) is 78.1 Å². The molecule has 0 radical (unpaired) electrons. The molecule has 0 bridgehead atoms. The van der Waals surface area contributed by atoms with Gasteiger partial charge in [0.15, 0.2) is 0 Å². The van der Waals surface area contributed by atoms with Crippen molar-refractivity contribution in [3.8, 4) is 17.2 Å². The Hall–Kier alpha value is -2.73. The Morgan fingerprint density at radius 3 is 1.67 bits per heavy atom. The molecule has 0 aliphatic rings. The van der Waals surface area contributed by atoms with Crippen LogP contribution in [0.3, 0.4) is 0 Å². The largest absolute Gasteiger partial charge is 0.506 e. The molecule has 45 heavy (non-hydrogen) atoms. The molecule has 0 spiro atoms. The minimum atomic E-state index is -1.69. The van der Waals surface area contributed by atoms with E-state index in [-0.39, 0.29) is 21.6 Å². The zero-order valence-electron chi connectivity index (χ0n) is 28.4. The van der Waals surface area contributed by atoms with Gasteiger partial charge in [0.1, 0.15) is 22.8 Å². The number of phenolic OH excluding ortho intramolecular Hbond substituents is 1. The number of halogens is 2. The van der Waals surface area contributed by atoms with Crippen LogP contribution in [0.25, 0.3) is 0 Å². The van der Waals surface area contributed by atoms with Crippen LogP contribution in [-0.2, 0) is 16.4 Å². The van der Waals surface area contributed by atoms with Crippen LogP contribution < -0.4 is 9.47 Å². The molecule has 7 heteroatoms.